The average molecular weight is 415 g/mol. The number of nitrogens with one attached hydrogen (secondary N) is 3. The third-order valence-corrected chi connectivity index (χ3v) is 4.13. The minimum atomic E-state index is -1.38. The minimum Gasteiger partial charge on any atom is -0.480 e. The van der Waals surface area contributed by atoms with E-state index in [9.17, 15) is 24.0 Å². The van der Waals surface area contributed by atoms with E-state index in [4.69, 9.17) is 16.6 Å². The monoisotopic (exact) mass is 415 g/mol. The van der Waals surface area contributed by atoms with Crippen LogP contribution in [0.4, 0.5) is 0 Å². The molecule has 0 bridgehead atoms. The van der Waals surface area contributed by atoms with Crippen molar-refractivity contribution >= 4 is 29.6 Å². The lowest BCUT2D eigenvalue weighted by Gasteiger charge is -2.25. The molecule has 0 aliphatic rings. The van der Waals surface area contributed by atoms with Gasteiger partial charge in [-0.15, -0.1) is 0 Å². The van der Waals surface area contributed by atoms with Gasteiger partial charge in [0.1, 0.15) is 18.1 Å². The van der Waals surface area contributed by atoms with Crippen LogP contribution in [0, 0.1) is 11.8 Å². The van der Waals surface area contributed by atoms with Crippen molar-refractivity contribution in [2.75, 3.05) is 0 Å². The van der Waals surface area contributed by atoms with Gasteiger partial charge < -0.3 is 32.5 Å². The number of aliphatic carboxylic acids is 1. The molecule has 4 atom stereocenters. The van der Waals surface area contributed by atoms with Crippen LogP contribution in [0.1, 0.15) is 47.5 Å². The maximum absolute atomic E-state index is 12.7. The predicted molar refractivity (Wildman–Crippen MR) is 105 cm³/mol. The molecule has 0 aromatic heterocycles. The Balaban J connectivity index is 5.38. The molecule has 166 valence electrons. The molecule has 0 aliphatic heterocycles. The van der Waals surface area contributed by atoms with Gasteiger partial charge in [0.25, 0.3) is 0 Å². The molecule has 0 saturated carbocycles. The van der Waals surface area contributed by atoms with Crippen LogP contribution in [0.25, 0.3) is 0 Å². The molecular weight excluding hydrogens is 382 g/mol. The van der Waals surface area contributed by atoms with E-state index >= 15 is 0 Å². The van der Waals surface area contributed by atoms with Gasteiger partial charge >= 0.3 is 5.97 Å². The number of amides is 4. The summed E-state index contributed by atoms with van der Waals surface area (Å²) in [5, 5.41) is 16.0. The topological polar surface area (TPSA) is 194 Å². The van der Waals surface area contributed by atoms with Gasteiger partial charge in [-0.05, 0) is 25.2 Å². The Kier molecular flexibility index (Phi) is 10.9. The zero-order valence-corrected chi connectivity index (χ0v) is 17.5. The van der Waals surface area contributed by atoms with E-state index in [1.54, 1.807) is 13.8 Å². The van der Waals surface area contributed by atoms with Crippen LogP contribution in [0.3, 0.4) is 0 Å². The maximum atomic E-state index is 12.7. The van der Waals surface area contributed by atoms with Gasteiger partial charge in [0.15, 0.2) is 0 Å². The van der Waals surface area contributed by atoms with Crippen molar-refractivity contribution in [2.24, 2.45) is 23.3 Å². The molecule has 11 heteroatoms. The van der Waals surface area contributed by atoms with Crippen LogP contribution < -0.4 is 27.4 Å². The maximum Gasteiger partial charge on any atom is 0.325 e. The number of hydrogen-bond acceptors (Lipinski definition) is 6. The molecule has 0 aromatic carbocycles. The van der Waals surface area contributed by atoms with Crippen molar-refractivity contribution in [2.45, 2.75) is 71.6 Å². The zero-order chi connectivity index (χ0) is 22.9. The molecule has 0 heterocycles. The lowest BCUT2D eigenvalue weighted by Crippen LogP contribution is -2.58. The lowest BCUT2D eigenvalue weighted by atomic mass is 10.00. The highest BCUT2D eigenvalue weighted by Gasteiger charge is 2.31. The first kappa shape index (κ1) is 26.3. The Morgan fingerprint density at radius 3 is 1.72 bits per heavy atom. The van der Waals surface area contributed by atoms with E-state index in [2.05, 4.69) is 16.0 Å². The number of nitrogens with two attached hydrogens (primary N) is 2. The molecule has 0 spiro atoms. The van der Waals surface area contributed by atoms with Gasteiger partial charge in [-0.1, -0.05) is 27.7 Å². The summed E-state index contributed by atoms with van der Waals surface area (Å²) in [4.78, 5) is 59.5. The predicted octanol–water partition coefficient (Wildman–Crippen LogP) is -1.55. The molecule has 4 amide bonds. The molecule has 0 fully saturated rings. The number of carbonyl (C=O) groups excluding carboxylic acids is 4. The van der Waals surface area contributed by atoms with Gasteiger partial charge in [-0.25, -0.2) is 0 Å². The van der Waals surface area contributed by atoms with Gasteiger partial charge in [-0.3, -0.25) is 24.0 Å². The van der Waals surface area contributed by atoms with Crippen LogP contribution in [-0.2, 0) is 24.0 Å². The second-order valence-electron chi connectivity index (χ2n) is 7.76. The third-order valence-electron chi connectivity index (χ3n) is 4.13. The number of carboxylic acids is 1. The van der Waals surface area contributed by atoms with E-state index in [0.717, 1.165) is 0 Å². The van der Waals surface area contributed by atoms with Crippen LogP contribution in [0.5, 0.6) is 0 Å². The van der Waals surface area contributed by atoms with E-state index in [1.165, 1.54) is 6.92 Å². The third kappa shape index (κ3) is 9.88. The first-order valence-electron chi connectivity index (χ1n) is 9.44. The second-order valence-corrected chi connectivity index (χ2v) is 7.76. The molecule has 4 unspecified atom stereocenters. The Bertz CT molecular complexity index is 622. The van der Waals surface area contributed by atoms with Crippen LogP contribution in [0.2, 0.25) is 0 Å². The van der Waals surface area contributed by atoms with Gasteiger partial charge in [0, 0.05) is 0 Å². The number of carboxylic acid groups (broad SMARTS) is 1. The molecular formula is C18H33N5O6. The van der Waals surface area contributed by atoms with Crippen molar-refractivity contribution < 1.29 is 29.1 Å². The van der Waals surface area contributed by atoms with Crippen LogP contribution >= 0.6 is 0 Å². The van der Waals surface area contributed by atoms with E-state index in [0.29, 0.717) is 0 Å². The van der Waals surface area contributed by atoms with Gasteiger partial charge in [0.2, 0.25) is 23.6 Å². The molecule has 0 saturated heterocycles. The fourth-order valence-corrected chi connectivity index (χ4v) is 2.33. The summed E-state index contributed by atoms with van der Waals surface area (Å²) in [6.45, 7) is 8.45. The van der Waals surface area contributed by atoms with Crippen molar-refractivity contribution in [3.8, 4) is 0 Å². The van der Waals surface area contributed by atoms with Gasteiger partial charge in [-0.2, -0.15) is 0 Å². The summed E-state index contributed by atoms with van der Waals surface area (Å²) in [5.74, 6) is -4.36. The quantitative estimate of drug-likeness (QED) is 0.222. The van der Waals surface area contributed by atoms with E-state index < -0.39 is 60.2 Å². The van der Waals surface area contributed by atoms with Crippen molar-refractivity contribution in [3.63, 3.8) is 0 Å². The van der Waals surface area contributed by atoms with E-state index in [-0.39, 0.29) is 18.3 Å². The SMILES string of the molecule is CC(C)CC(NC(=O)C(N)C(C)C)C(=O)NC(CC(N)=O)C(=O)NC(C)C(=O)O. The first-order valence-corrected chi connectivity index (χ1v) is 9.44. The zero-order valence-electron chi connectivity index (χ0n) is 17.5. The van der Waals surface area contributed by atoms with Crippen molar-refractivity contribution in [1.82, 2.24) is 16.0 Å². The molecule has 0 radical (unpaired) electrons. The Morgan fingerprint density at radius 1 is 0.828 bits per heavy atom. The van der Waals surface area contributed by atoms with Crippen LogP contribution in [0.15, 0.2) is 0 Å². The Hall–Kier alpha value is -2.69. The molecule has 8 N–H and O–H groups in total. The van der Waals surface area contributed by atoms with Crippen molar-refractivity contribution in [1.29, 1.82) is 0 Å². The molecule has 11 nitrogen and oxygen atoms in total. The summed E-state index contributed by atoms with van der Waals surface area (Å²) in [7, 11) is 0. The Labute approximate surface area is 170 Å². The number of carbonyl (C=O) groups is 5. The van der Waals surface area contributed by atoms with E-state index in [1.807, 2.05) is 13.8 Å². The average Bonchev–Trinajstić information content (AvgIpc) is 2.58. The van der Waals surface area contributed by atoms with Crippen LogP contribution in [-0.4, -0.2) is 58.9 Å². The molecule has 29 heavy (non-hydrogen) atoms. The smallest absolute Gasteiger partial charge is 0.325 e. The number of rotatable bonds is 12. The minimum absolute atomic E-state index is 0.0248. The second kappa shape index (κ2) is 12.0. The largest absolute Gasteiger partial charge is 0.480 e. The summed E-state index contributed by atoms with van der Waals surface area (Å²) < 4.78 is 0. The highest BCUT2D eigenvalue weighted by atomic mass is 16.4. The summed E-state index contributed by atoms with van der Waals surface area (Å²) >= 11 is 0. The van der Waals surface area contributed by atoms with Crippen molar-refractivity contribution in [3.05, 3.63) is 0 Å². The Morgan fingerprint density at radius 2 is 1.31 bits per heavy atom. The number of hydrogen-bond donors (Lipinski definition) is 6. The molecule has 0 rings (SSSR count). The fourth-order valence-electron chi connectivity index (χ4n) is 2.33. The highest BCUT2D eigenvalue weighted by Crippen LogP contribution is 2.08. The summed E-state index contributed by atoms with van der Waals surface area (Å²) in [5.41, 5.74) is 10.9. The first-order chi connectivity index (χ1) is 13.3. The van der Waals surface area contributed by atoms with Gasteiger partial charge in [0.05, 0.1) is 12.5 Å². The normalized spacial score (nSPS) is 15.2. The summed E-state index contributed by atoms with van der Waals surface area (Å²) in [6, 6.07) is -4.43. The molecule has 0 aliphatic carbocycles. The summed E-state index contributed by atoms with van der Waals surface area (Å²) in [6.07, 6.45) is -0.267. The fraction of sp³-hybridized carbons (Fsp3) is 0.722. The lowest BCUT2D eigenvalue weighted by molar-refractivity contribution is -0.142. The number of primary amides is 1. The molecule has 0 aromatic rings. The highest BCUT2D eigenvalue weighted by molar-refractivity contribution is 5.96. The standard InChI is InChI=1S/C18H33N5O6/c1-8(2)6-11(23-17(27)14(20)9(3)4)16(26)22-12(7-13(19)24)15(25)21-10(5)18(28)29/h8-12,14H,6-7,20H2,1-5H3,(H2,19,24)(H,21,25)(H,22,26)(H,23,27)(H,28,29).